The summed E-state index contributed by atoms with van der Waals surface area (Å²) in [5.74, 6) is 0. The molecule has 2 aliphatic heterocycles. The van der Waals surface area contributed by atoms with E-state index in [4.69, 9.17) is 47.8 Å². The van der Waals surface area contributed by atoms with Crippen LogP contribution in [0.25, 0.3) is 0 Å². The van der Waals surface area contributed by atoms with Gasteiger partial charge in [-0.2, -0.15) is 0 Å². The molecule has 0 bridgehead atoms. The maximum Gasteiger partial charge on any atom is 0.500 e. The molecule has 2 rings (SSSR count). The molecular weight excluding hydrogens is 701 g/mol. The van der Waals surface area contributed by atoms with Crippen LogP contribution in [0.5, 0.6) is 0 Å². The van der Waals surface area contributed by atoms with Gasteiger partial charge in [-0.25, -0.2) is 0 Å². The van der Waals surface area contributed by atoms with Crippen molar-refractivity contribution >= 4 is 70.9 Å². The Morgan fingerprint density at radius 1 is 0.886 bits per heavy atom. The zero-order valence-electron chi connectivity index (χ0n) is 30.2. The molecule has 264 valence electrons. The highest BCUT2D eigenvalue weighted by Crippen LogP contribution is 2.31. The summed E-state index contributed by atoms with van der Waals surface area (Å²) in [5.41, 5.74) is 0. The average molecular weight is 767 g/mol. The van der Waals surface area contributed by atoms with Crippen molar-refractivity contribution in [2.24, 2.45) is 0 Å². The second-order valence-electron chi connectivity index (χ2n) is 13.0. The molecule has 2 aliphatic rings. The van der Waals surface area contributed by atoms with Crippen molar-refractivity contribution in [1.82, 2.24) is 0 Å². The molecule has 0 aromatic heterocycles. The molecule has 5 atom stereocenters. The zero-order valence-corrected chi connectivity index (χ0v) is 38.8. The van der Waals surface area contributed by atoms with Crippen LogP contribution in [-0.4, -0.2) is 125 Å². The summed E-state index contributed by atoms with van der Waals surface area (Å²) in [6, 6.07) is 3.54. The Morgan fingerprint density at radius 3 is 2.07 bits per heavy atom. The lowest BCUT2D eigenvalue weighted by atomic mass is 10.4. The first-order chi connectivity index (χ1) is 20.5. The van der Waals surface area contributed by atoms with Crippen LogP contribution in [0.15, 0.2) is 0 Å². The predicted molar refractivity (Wildman–Crippen MR) is 196 cm³/mol. The minimum absolute atomic E-state index is 0.307. The third kappa shape index (κ3) is 19.3. The van der Waals surface area contributed by atoms with Crippen LogP contribution < -0.4 is 0 Å². The van der Waals surface area contributed by atoms with Crippen molar-refractivity contribution in [2.75, 3.05) is 47.8 Å². The van der Waals surface area contributed by atoms with Gasteiger partial charge in [0.25, 0.3) is 9.28 Å². The molecule has 0 saturated carbocycles. The summed E-state index contributed by atoms with van der Waals surface area (Å²) in [5, 5.41) is 0. The molecule has 11 nitrogen and oxygen atoms in total. The van der Waals surface area contributed by atoms with E-state index in [1.165, 1.54) is 6.42 Å². The van der Waals surface area contributed by atoms with E-state index in [9.17, 15) is 0 Å². The van der Waals surface area contributed by atoms with Gasteiger partial charge in [0, 0.05) is 40.6 Å². The van der Waals surface area contributed by atoms with Crippen molar-refractivity contribution < 1.29 is 47.8 Å². The first-order valence-corrected chi connectivity index (χ1v) is 36.3. The molecule has 5 unspecified atom stereocenters. The molecule has 2 saturated heterocycles. The van der Waals surface area contributed by atoms with Gasteiger partial charge in [0.05, 0.1) is 13.2 Å². The van der Waals surface area contributed by atoms with Gasteiger partial charge < -0.3 is 47.8 Å². The number of ether oxygens (including phenoxy) is 2. The van der Waals surface area contributed by atoms with Gasteiger partial charge in [-0.3, -0.25) is 0 Å². The maximum atomic E-state index is 6.88. The highest BCUT2D eigenvalue weighted by molar-refractivity contribution is 6.84. The quantitative estimate of drug-likeness (QED) is 0.111. The third-order valence-corrected chi connectivity index (χ3v) is 33.4. The zero-order chi connectivity index (χ0) is 33.4. The molecule has 0 aromatic rings. The number of hydrogen-bond donors (Lipinski definition) is 0. The third-order valence-electron chi connectivity index (χ3n) is 7.17. The normalized spacial score (nSPS) is 27.6. The fourth-order valence-corrected chi connectivity index (χ4v) is 33.7. The monoisotopic (exact) mass is 766 g/mol. The topological polar surface area (TPSA) is 105 Å². The molecule has 2 fully saturated rings. The molecule has 0 radical (unpaired) electrons. The van der Waals surface area contributed by atoms with E-state index in [0.29, 0.717) is 25.4 Å². The van der Waals surface area contributed by atoms with Crippen LogP contribution in [0.2, 0.25) is 89.6 Å². The highest BCUT2D eigenvalue weighted by atomic mass is 28.5. The summed E-state index contributed by atoms with van der Waals surface area (Å²) >= 11 is 0. The summed E-state index contributed by atoms with van der Waals surface area (Å²) in [4.78, 5) is 0. The Balaban J connectivity index is 0.000000582. The molecule has 0 spiro atoms. The fourth-order valence-electron chi connectivity index (χ4n) is 5.27. The second kappa shape index (κ2) is 21.4. The molecule has 44 heavy (non-hydrogen) atoms. The first-order valence-electron chi connectivity index (χ1n) is 16.4. The Morgan fingerprint density at radius 2 is 1.52 bits per heavy atom. The van der Waals surface area contributed by atoms with Gasteiger partial charge in [0.2, 0.25) is 0 Å². The smallest absolute Gasteiger partial charge is 0.442 e. The summed E-state index contributed by atoms with van der Waals surface area (Å²) < 4.78 is 65.5. The van der Waals surface area contributed by atoms with E-state index in [2.05, 4.69) is 65.5 Å². The van der Waals surface area contributed by atoms with Gasteiger partial charge >= 0.3 is 34.5 Å². The Kier molecular flexibility index (Phi) is 21.1. The van der Waals surface area contributed by atoms with E-state index in [-0.39, 0.29) is 0 Å². The van der Waals surface area contributed by atoms with Gasteiger partial charge in [0.1, 0.15) is 6.10 Å². The average Bonchev–Trinajstić information content (AvgIpc) is 3.72. The lowest BCUT2D eigenvalue weighted by Crippen LogP contribution is -2.55. The van der Waals surface area contributed by atoms with Crippen LogP contribution in [0.4, 0.5) is 0 Å². The Bertz CT molecular complexity index is 759. The summed E-state index contributed by atoms with van der Waals surface area (Å²) in [6.07, 6.45) is 3.48. The van der Waals surface area contributed by atoms with Crippen LogP contribution in [-0.2, 0) is 47.8 Å². The van der Waals surface area contributed by atoms with Gasteiger partial charge in [-0.15, -0.1) is 0 Å². The van der Waals surface area contributed by atoms with E-state index in [1.807, 2.05) is 0 Å². The molecule has 0 aliphatic carbocycles. The van der Waals surface area contributed by atoms with E-state index in [1.54, 1.807) is 21.3 Å². The number of rotatable bonds is 18. The van der Waals surface area contributed by atoms with Gasteiger partial charge in [0.15, 0.2) is 27.1 Å². The molecule has 0 N–H and O–H groups in total. The SMILES string of the molecule is CO[Si](CC[Si]1(C)O[SiH](C)CCCCO[Si](C)(CCCOCC2CO2)O1)(OC)OC.C[SiH](C)O[SiH](C)O[Si](C)(C)O[SiH](C)C. The highest BCUT2D eigenvalue weighted by Gasteiger charge is 2.48. The predicted octanol–water partition coefficient (Wildman–Crippen LogP) is 4.57. The second-order valence-corrected chi connectivity index (χ2v) is 37.0. The molecule has 19 heteroatoms. The van der Waals surface area contributed by atoms with Crippen molar-refractivity contribution in [3.63, 3.8) is 0 Å². The lowest BCUT2D eigenvalue weighted by molar-refractivity contribution is 0.114. The summed E-state index contributed by atoms with van der Waals surface area (Å²) in [6.45, 7) is 24.7. The van der Waals surface area contributed by atoms with Crippen molar-refractivity contribution in [2.45, 2.75) is 115 Å². The molecular formula is C25H66O11Si8. The van der Waals surface area contributed by atoms with Crippen molar-refractivity contribution in [3.05, 3.63) is 0 Å². The van der Waals surface area contributed by atoms with E-state index >= 15 is 0 Å². The minimum atomic E-state index is -2.68. The molecule has 0 amide bonds. The van der Waals surface area contributed by atoms with Gasteiger partial charge in [-0.1, -0.05) is 6.42 Å². The van der Waals surface area contributed by atoms with Gasteiger partial charge in [-0.05, 0) is 96.4 Å². The van der Waals surface area contributed by atoms with E-state index in [0.717, 1.165) is 44.2 Å². The standard InChI is InChI=1S/C18H42O8Si4.C7H24O3Si4/c1-19-30(20-2,21-3)15-14-29(6)25-27(4)12-8-7-11-24-28(5,26-29)13-9-10-22-16-18-17-23-18;1-11(2)8-13(5)10-14(6,7)9-12(3)4/h18,27H,7-17H2,1-6H3;11-13H,1-7H3. The largest absolute Gasteiger partial charge is 0.500 e. The Labute approximate surface area is 280 Å². The van der Waals surface area contributed by atoms with E-state index < -0.39 is 70.9 Å². The van der Waals surface area contributed by atoms with Crippen LogP contribution in [0.3, 0.4) is 0 Å². The fraction of sp³-hybridized carbons (Fsp3) is 1.00. The Hall–Kier alpha value is 1.30. The van der Waals surface area contributed by atoms with Crippen LogP contribution in [0.1, 0.15) is 19.3 Å². The van der Waals surface area contributed by atoms with Crippen molar-refractivity contribution in [3.8, 4) is 0 Å². The number of hydrogen-bond acceptors (Lipinski definition) is 11. The number of epoxide rings is 1. The maximum absolute atomic E-state index is 6.88. The molecule has 2 heterocycles. The first kappa shape index (κ1) is 43.3. The van der Waals surface area contributed by atoms with Crippen LogP contribution >= 0.6 is 0 Å². The summed E-state index contributed by atoms with van der Waals surface area (Å²) in [7, 11) is -9.08. The van der Waals surface area contributed by atoms with Crippen LogP contribution in [0, 0.1) is 0 Å². The minimum Gasteiger partial charge on any atom is -0.442 e. The molecule has 0 aromatic carbocycles. The lowest BCUT2D eigenvalue weighted by Gasteiger charge is -2.40. The van der Waals surface area contributed by atoms with Crippen molar-refractivity contribution in [1.29, 1.82) is 0 Å².